The van der Waals surface area contributed by atoms with E-state index in [4.69, 9.17) is 0 Å². The molecule has 1 heterocycles. The van der Waals surface area contributed by atoms with E-state index in [1.165, 1.54) is 24.8 Å². The maximum Gasteiger partial charge on any atom is 0.251 e. The number of carbonyl (C=O) groups is 2. The molecule has 29 heavy (non-hydrogen) atoms. The third-order valence-electron chi connectivity index (χ3n) is 6.53. The molecule has 0 unspecified atom stereocenters. The normalized spacial score (nSPS) is 20.4. The summed E-state index contributed by atoms with van der Waals surface area (Å²) in [6, 6.07) is 8.49. The Morgan fingerprint density at radius 1 is 1.10 bits per heavy atom. The molecule has 0 bridgehead atoms. The van der Waals surface area contributed by atoms with Gasteiger partial charge < -0.3 is 10.2 Å². The number of carbonyl (C=O) groups excluding carboxylic acids is 2. The van der Waals surface area contributed by atoms with Crippen LogP contribution in [0.15, 0.2) is 24.3 Å². The first-order chi connectivity index (χ1) is 14.0. The highest BCUT2D eigenvalue weighted by atomic mass is 16.2. The molecule has 1 aliphatic carbocycles. The molecule has 1 atom stereocenters. The zero-order valence-corrected chi connectivity index (χ0v) is 18.3. The Labute approximate surface area is 175 Å². The smallest absolute Gasteiger partial charge is 0.251 e. The van der Waals surface area contributed by atoms with E-state index < -0.39 is 0 Å². The minimum Gasteiger partial charge on any atom is -0.347 e. The fraction of sp³-hybridized carbons (Fsp3) is 0.667. The fourth-order valence-corrected chi connectivity index (χ4v) is 4.61. The van der Waals surface area contributed by atoms with Crippen LogP contribution in [0.4, 0.5) is 0 Å². The minimum atomic E-state index is -0.0373. The molecule has 5 nitrogen and oxygen atoms in total. The number of rotatable bonds is 7. The van der Waals surface area contributed by atoms with Gasteiger partial charge in [0.15, 0.2) is 0 Å². The molecular weight excluding hydrogens is 362 g/mol. The van der Waals surface area contributed by atoms with Crippen molar-refractivity contribution < 1.29 is 9.59 Å². The Bertz CT molecular complexity index is 680. The van der Waals surface area contributed by atoms with Gasteiger partial charge in [0, 0.05) is 43.2 Å². The summed E-state index contributed by atoms with van der Waals surface area (Å²) in [4.78, 5) is 29.7. The molecule has 1 aromatic rings. The molecule has 1 aliphatic heterocycles. The first kappa shape index (κ1) is 21.8. The van der Waals surface area contributed by atoms with Crippen molar-refractivity contribution in [3.63, 3.8) is 0 Å². The standard InChI is InChI=1S/C24H37N3O2/c1-4-26(18(2)3)16-19-10-12-20(13-11-19)23(28)25-22-14-15-27(17-22)24(29)21-8-6-5-7-9-21/h10-13,18,21-22H,4-9,14-17H2,1-3H3,(H,25,28)/t22-/m0/s1. The van der Waals surface area contributed by atoms with Crippen LogP contribution in [0.1, 0.15) is 75.2 Å². The molecule has 2 fully saturated rings. The first-order valence-corrected chi connectivity index (χ1v) is 11.4. The van der Waals surface area contributed by atoms with Crippen molar-refractivity contribution in [1.82, 2.24) is 15.1 Å². The van der Waals surface area contributed by atoms with Crippen LogP contribution in [0.25, 0.3) is 0 Å². The molecule has 3 rings (SSSR count). The molecule has 2 aliphatic rings. The summed E-state index contributed by atoms with van der Waals surface area (Å²) in [7, 11) is 0. The molecule has 1 aromatic carbocycles. The molecule has 0 aromatic heterocycles. The van der Waals surface area contributed by atoms with Gasteiger partial charge in [-0.05, 0) is 57.4 Å². The average molecular weight is 400 g/mol. The average Bonchev–Trinajstić information content (AvgIpc) is 3.20. The van der Waals surface area contributed by atoms with Gasteiger partial charge in [-0.2, -0.15) is 0 Å². The van der Waals surface area contributed by atoms with Crippen LogP contribution in [0, 0.1) is 5.92 Å². The van der Waals surface area contributed by atoms with Crippen LogP contribution >= 0.6 is 0 Å². The van der Waals surface area contributed by atoms with Gasteiger partial charge in [0.1, 0.15) is 0 Å². The number of benzene rings is 1. The van der Waals surface area contributed by atoms with Crippen LogP contribution in [-0.4, -0.2) is 53.3 Å². The van der Waals surface area contributed by atoms with Crippen molar-refractivity contribution in [3.05, 3.63) is 35.4 Å². The number of nitrogens with one attached hydrogen (secondary N) is 1. The maximum absolute atomic E-state index is 12.7. The van der Waals surface area contributed by atoms with Crippen molar-refractivity contribution in [2.45, 2.75) is 77.9 Å². The highest BCUT2D eigenvalue weighted by molar-refractivity contribution is 5.94. The van der Waals surface area contributed by atoms with Gasteiger partial charge in [-0.3, -0.25) is 14.5 Å². The second-order valence-corrected chi connectivity index (χ2v) is 8.93. The van der Waals surface area contributed by atoms with Crippen molar-refractivity contribution in [1.29, 1.82) is 0 Å². The number of amides is 2. The Morgan fingerprint density at radius 3 is 2.41 bits per heavy atom. The van der Waals surface area contributed by atoms with Crippen LogP contribution in [0.3, 0.4) is 0 Å². The topological polar surface area (TPSA) is 52.7 Å². The monoisotopic (exact) mass is 399 g/mol. The number of nitrogens with zero attached hydrogens (tertiary/aromatic N) is 2. The summed E-state index contributed by atoms with van der Waals surface area (Å²) in [6.45, 7) is 9.91. The minimum absolute atomic E-state index is 0.0373. The Hall–Kier alpha value is -1.88. The van der Waals surface area contributed by atoms with E-state index in [0.717, 1.165) is 38.9 Å². The lowest BCUT2D eigenvalue weighted by atomic mass is 9.88. The molecule has 1 N–H and O–H groups in total. The summed E-state index contributed by atoms with van der Waals surface area (Å²) < 4.78 is 0. The molecule has 5 heteroatoms. The third-order valence-corrected chi connectivity index (χ3v) is 6.53. The molecule has 1 saturated carbocycles. The Balaban J connectivity index is 1.49. The van der Waals surface area contributed by atoms with E-state index in [1.54, 1.807) is 0 Å². The van der Waals surface area contributed by atoms with Crippen LogP contribution in [0.5, 0.6) is 0 Å². The molecule has 1 saturated heterocycles. The molecular formula is C24H37N3O2. The Kier molecular flexibility index (Phi) is 7.70. The van der Waals surface area contributed by atoms with E-state index in [2.05, 4.69) is 31.0 Å². The first-order valence-electron chi connectivity index (χ1n) is 11.4. The summed E-state index contributed by atoms with van der Waals surface area (Å²) in [5.41, 5.74) is 1.92. The van der Waals surface area contributed by atoms with Crippen LogP contribution in [0.2, 0.25) is 0 Å². The molecule has 160 valence electrons. The van der Waals surface area contributed by atoms with Gasteiger partial charge >= 0.3 is 0 Å². The molecule has 2 amide bonds. The fourth-order valence-electron chi connectivity index (χ4n) is 4.61. The van der Waals surface area contributed by atoms with E-state index in [1.807, 2.05) is 29.2 Å². The summed E-state index contributed by atoms with van der Waals surface area (Å²) in [5, 5.41) is 3.13. The largest absolute Gasteiger partial charge is 0.347 e. The van der Waals surface area contributed by atoms with E-state index >= 15 is 0 Å². The van der Waals surface area contributed by atoms with Crippen LogP contribution in [-0.2, 0) is 11.3 Å². The summed E-state index contributed by atoms with van der Waals surface area (Å²) >= 11 is 0. The SMILES string of the molecule is CCN(Cc1ccc(C(=O)N[C@H]2CCN(C(=O)C3CCCCC3)C2)cc1)C(C)C. The number of hydrogen-bond acceptors (Lipinski definition) is 3. The maximum atomic E-state index is 12.7. The molecule has 0 spiro atoms. The highest BCUT2D eigenvalue weighted by Crippen LogP contribution is 2.26. The highest BCUT2D eigenvalue weighted by Gasteiger charge is 2.32. The van der Waals surface area contributed by atoms with Gasteiger partial charge in [-0.15, -0.1) is 0 Å². The lowest BCUT2D eigenvalue weighted by molar-refractivity contribution is -0.135. The van der Waals surface area contributed by atoms with Crippen LogP contribution < -0.4 is 5.32 Å². The molecule has 0 radical (unpaired) electrons. The lowest BCUT2D eigenvalue weighted by Gasteiger charge is -2.26. The zero-order chi connectivity index (χ0) is 20.8. The quantitative estimate of drug-likeness (QED) is 0.758. The number of likely N-dealkylation sites (tertiary alicyclic amines) is 1. The second kappa shape index (κ2) is 10.2. The Morgan fingerprint density at radius 2 is 1.79 bits per heavy atom. The van der Waals surface area contributed by atoms with Crippen molar-refractivity contribution >= 4 is 11.8 Å². The van der Waals surface area contributed by atoms with E-state index in [0.29, 0.717) is 24.1 Å². The van der Waals surface area contributed by atoms with Gasteiger partial charge in [0.2, 0.25) is 5.91 Å². The van der Waals surface area contributed by atoms with Crippen molar-refractivity contribution in [2.75, 3.05) is 19.6 Å². The van der Waals surface area contributed by atoms with Gasteiger partial charge in [0.25, 0.3) is 5.91 Å². The van der Waals surface area contributed by atoms with E-state index in [-0.39, 0.29) is 17.9 Å². The van der Waals surface area contributed by atoms with Crippen molar-refractivity contribution in [3.8, 4) is 0 Å². The predicted molar refractivity (Wildman–Crippen MR) is 117 cm³/mol. The third kappa shape index (κ3) is 5.81. The van der Waals surface area contributed by atoms with Gasteiger partial charge in [-0.1, -0.05) is 38.3 Å². The summed E-state index contributed by atoms with van der Waals surface area (Å²) in [6.07, 6.45) is 6.52. The second-order valence-electron chi connectivity index (χ2n) is 8.93. The summed E-state index contributed by atoms with van der Waals surface area (Å²) in [5.74, 6) is 0.473. The van der Waals surface area contributed by atoms with Gasteiger partial charge in [0.05, 0.1) is 0 Å². The van der Waals surface area contributed by atoms with E-state index in [9.17, 15) is 9.59 Å². The number of hydrogen-bond donors (Lipinski definition) is 1. The zero-order valence-electron chi connectivity index (χ0n) is 18.3. The van der Waals surface area contributed by atoms with Gasteiger partial charge in [-0.25, -0.2) is 0 Å². The van der Waals surface area contributed by atoms with Crippen molar-refractivity contribution in [2.24, 2.45) is 5.92 Å². The lowest BCUT2D eigenvalue weighted by Crippen LogP contribution is -2.40. The predicted octanol–water partition coefficient (Wildman–Crippen LogP) is 3.83.